The summed E-state index contributed by atoms with van der Waals surface area (Å²) in [5, 5.41) is 0. The van der Waals surface area contributed by atoms with Gasteiger partial charge in [0.1, 0.15) is 0 Å². The molecule has 0 atom stereocenters. The number of hydrogen-bond donors (Lipinski definition) is 1. The molecule has 0 spiro atoms. The Balaban J connectivity index is 2.88. The molecule has 1 nitrogen and oxygen atoms in total. The minimum Gasteiger partial charge on any atom is -0.327 e. The Hall–Kier alpha value is -1.08. The fourth-order valence-corrected chi connectivity index (χ4v) is 1.43. The second-order valence-electron chi connectivity index (χ2n) is 3.90. The van der Waals surface area contributed by atoms with Crippen LogP contribution in [0.15, 0.2) is 30.3 Å². The molecule has 0 aliphatic rings. The third kappa shape index (κ3) is 2.71. The number of nitrogens with two attached hydrogens (primary N) is 1. The van der Waals surface area contributed by atoms with Gasteiger partial charge in [-0.15, -0.1) is 0 Å². The first kappa shape index (κ1) is 11.0. The fourth-order valence-electron chi connectivity index (χ4n) is 1.43. The monoisotopic (exact) mass is 189 g/mol. The average Bonchev–Trinajstić information content (AvgIpc) is 2.18. The van der Waals surface area contributed by atoms with E-state index in [9.17, 15) is 0 Å². The molecule has 0 saturated heterocycles. The lowest BCUT2D eigenvalue weighted by Gasteiger charge is -2.07. The zero-order valence-corrected chi connectivity index (χ0v) is 9.25. The van der Waals surface area contributed by atoms with Crippen LogP contribution in [-0.2, 0) is 0 Å². The molecule has 0 aliphatic carbocycles. The van der Waals surface area contributed by atoms with E-state index in [4.69, 9.17) is 5.73 Å². The lowest BCUT2D eigenvalue weighted by Crippen LogP contribution is -1.94. The van der Waals surface area contributed by atoms with Gasteiger partial charge >= 0.3 is 0 Å². The predicted octanol–water partition coefficient (Wildman–Crippen LogP) is 3.17. The number of rotatable bonds is 3. The van der Waals surface area contributed by atoms with Crippen LogP contribution in [-0.4, -0.2) is 6.54 Å². The molecule has 1 rings (SSSR count). The van der Waals surface area contributed by atoms with Gasteiger partial charge in [0.25, 0.3) is 0 Å². The lowest BCUT2D eigenvalue weighted by molar-refractivity contribution is 0.866. The van der Waals surface area contributed by atoms with E-state index in [1.54, 1.807) is 0 Å². The normalized spacial score (nSPS) is 12.2. The second-order valence-corrected chi connectivity index (χ2v) is 3.90. The first-order valence-electron chi connectivity index (χ1n) is 5.12. The Labute approximate surface area is 86.6 Å². The molecule has 0 aliphatic heterocycles. The number of benzene rings is 1. The predicted molar refractivity (Wildman–Crippen MR) is 63.2 cm³/mol. The van der Waals surface area contributed by atoms with Gasteiger partial charge in [0, 0.05) is 6.54 Å². The van der Waals surface area contributed by atoms with E-state index >= 15 is 0 Å². The van der Waals surface area contributed by atoms with E-state index in [-0.39, 0.29) is 0 Å². The smallest absolute Gasteiger partial charge is 0.0112 e. The third-order valence-corrected chi connectivity index (χ3v) is 2.46. The summed E-state index contributed by atoms with van der Waals surface area (Å²) in [6.45, 7) is 7.12. The van der Waals surface area contributed by atoms with Gasteiger partial charge in [-0.25, -0.2) is 0 Å². The van der Waals surface area contributed by atoms with Gasteiger partial charge in [-0.05, 0) is 29.5 Å². The minimum absolute atomic E-state index is 0.600. The average molecular weight is 189 g/mol. The van der Waals surface area contributed by atoms with Gasteiger partial charge in [0.15, 0.2) is 0 Å². The topological polar surface area (TPSA) is 26.0 Å². The molecule has 0 saturated carbocycles. The van der Waals surface area contributed by atoms with E-state index in [0.717, 1.165) is 0 Å². The maximum Gasteiger partial charge on any atom is 0.0112 e. The Morgan fingerprint density at radius 3 is 2.29 bits per heavy atom. The van der Waals surface area contributed by atoms with Gasteiger partial charge in [0.05, 0.1) is 0 Å². The van der Waals surface area contributed by atoms with Crippen LogP contribution in [0.25, 0.3) is 5.57 Å². The van der Waals surface area contributed by atoms with Crippen LogP contribution in [0.5, 0.6) is 0 Å². The highest BCUT2D eigenvalue weighted by Crippen LogP contribution is 2.18. The quantitative estimate of drug-likeness (QED) is 0.776. The van der Waals surface area contributed by atoms with Crippen molar-refractivity contribution in [1.29, 1.82) is 0 Å². The fraction of sp³-hybridized carbons (Fsp3) is 0.385. The molecular weight excluding hydrogens is 170 g/mol. The van der Waals surface area contributed by atoms with Crippen molar-refractivity contribution in [2.45, 2.75) is 26.7 Å². The summed E-state index contributed by atoms with van der Waals surface area (Å²) < 4.78 is 0. The summed E-state index contributed by atoms with van der Waals surface area (Å²) in [6.07, 6.45) is 2.05. The maximum atomic E-state index is 5.47. The van der Waals surface area contributed by atoms with Gasteiger partial charge in [-0.3, -0.25) is 0 Å². The highest BCUT2D eigenvalue weighted by molar-refractivity contribution is 5.63. The van der Waals surface area contributed by atoms with Crippen molar-refractivity contribution >= 4 is 5.57 Å². The standard InChI is InChI=1S/C13H19N/c1-10(2)12-4-6-13(7-5-12)11(3)8-9-14/h4-8,10H,9,14H2,1-3H3. The van der Waals surface area contributed by atoms with Crippen LogP contribution < -0.4 is 5.73 Å². The molecule has 76 valence electrons. The van der Waals surface area contributed by atoms with E-state index < -0.39 is 0 Å². The van der Waals surface area contributed by atoms with E-state index in [0.29, 0.717) is 12.5 Å². The molecule has 0 radical (unpaired) electrons. The van der Waals surface area contributed by atoms with Crippen LogP contribution in [0.4, 0.5) is 0 Å². The van der Waals surface area contributed by atoms with Crippen LogP contribution in [0, 0.1) is 0 Å². The molecule has 14 heavy (non-hydrogen) atoms. The molecule has 1 heteroatoms. The van der Waals surface area contributed by atoms with Gasteiger partial charge in [-0.2, -0.15) is 0 Å². The maximum absolute atomic E-state index is 5.47. The Morgan fingerprint density at radius 1 is 1.29 bits per heavy atom. The van der Waals surface area contributed by atoms with Gasteiger partial charge < -0.3 is 5.73 Å². The SMILES string of the molecule is CC(=CCN)c1ccc(C(C)C)cc1. The molecule has 2 N–H and O–H groups in total. The van der Waals surface area contributed by atoms with Crippen molar-refractivity contribution in [2.24, 2.45) is 5.73 Å². The number of hydrogen-bond acceptors (Lipinski definition) is 1. The highest BCUT2D eigenvalue weighted by atomic mass is 14.5. The summed E-state index contributed by atoms with van der Waals surface area (Å²) >= 11 is 0. The molecule has 0 unspecified atom stereocenters. The van der Waals surface area contributed by atoms with Crippen molar-refractivity contribution in [3.8, 4) is 0 Å². The molecule has 0 bridgehead atoms. The summed E-state index contributed by atoms with van der Waals surface area (Å²) in [6, 6.07) is 8.70. The van der Waals surface area contributed by atoms with Crippen molar-refractivity contribution in [2.75, 3.05) is 6.54 Å². The number of allylic oxidation sites excluding steroid dienone is 1. The first-order valence-corrected chi connectivity index (χ1v) is 5.12. The second kappa shape index (κ2) is 4.97. The zero-order valence-electron chi connectivity index (χ0n) is 9.25. The Morgan fingerprint density at radius 2 is 1.86 bits per heavy atom. The van der Waals surface area contributed by atoms with Crippen LogP contribution in [0.2, 0.25) is 0 Å². The molecule has 1 aromatic rings. The van der Waals surface area contributed by atoms with Gasteiger partial charge in [-0.1, -0.05) is 44.2 Å². The molecular formula is C13H19N. The molecule has 1 aromatic carbocycles. The molecule has 0 amide bonds. The molecule has 0 fully saturated rings. The van der Waals surface area contributed by atoms with Crippen LogP contribution >= 0.6 is 0 Å². The summed E-state index contributed by atoms with van der Waals surface area (Å²) in [4.78, 5) is 0. The van der Waals surface area contributed by atoms with E-state index in [1.807, 2.05) is 6.08 Å². The molecule has 0 aromatic heterocycles. The van der Waals surface area contributed by atoms with Crippen LogP contribution in [0.1, 0.15) is 37.8 Å². The zero-order chi connectivity index (χ0) is 10.6. The first-order chi connectivity index (χ1) is 6.65. The largest absolute Gasteiger partial charge is 0.327 e. The van der Waals surface area contributed by atoms with Crippen molar-refractivity contribution in [1.82, 2.24) is 0 Å². The lowest BCUT2D eigenvalue weighted by atomic mass is 9.99. The van der Waals surface area contributed by atoms with Crippen molar-refractivity contribution in [3.63, 3.8) is 0 Å². The Bertz CT molecular complexity index is 307. The summed E-state index contributed by atoms with van der Waals surface area (Å²) in [5.74, 6) is 0.600. The van der Waals surface area contributed by atoms with E-state index in [1.165, 1.54) is 16.7 Å². The minimum atomic E-state index is 0.600. The van der Waals surface area contributed by atoms with E-state index in [2.05, 4.69) is 45.0 Å². The van der Waals surface area contributed by atoms with Crippen molar-refractivity contribution in [3.05, 3.63) is 41.5 Å². The highest BCUT2D eigenvalue weighted by Gasteiger charge is 1.99. The van der Waals surface area contributed by atoms with Crippen molar-refractivity contribution < 1.29 is 0 Å². The third-order valence-electron chi connectivity index (χ3n) is 2.46. The molecule has 0 heterocycles. The summed E-state index contributed by atoms with van der Waals surface area (Å²) in [7, 11) is 0. The summed E-state index contributed by atoms with van der Waals surface area (Å²) in [5.41, 5.74) is 9.37. The van der Waals surface area contributed by atoms with Gasteiger partial charge in [0.2, 0.25) is 0 Å². The van der Waals surface area contributed by atoms with Crippen LogP contribution in [0.3, 0.4) is 0 Å². The Kier molecular flexibility index (Phi) is 3.90.